The maximum absolute atomic E-state index is 11.0. The molecular formula is C13H13N3O5. The number of nitro benzene ring substituents is 1. The zero-order valence-electron chi connectivity index (χ0n) is 11.4. The first-order chi connectivity index (χ1) is 9.90. The number of carboxylic acid groups (broad SMARTS) is 1. The van der Waals surface area contributed by atoms with Crippen LogP contribution in [0, 0.1) is 17.0 Å². The van der Waals surface area contributed by atoms with Gasteiger partial charge in [0.2, 0.25) is 0 Å². The van der Waals surface area contributed by atoms with Gasteiger partial charge in [-0.15, -0.1) is 0 Å². The first-order valence-corrected chi connectivity index (χ1v) is 6.00. The number of ether oxygens (including phenoxy) is 1. The third-order valence-electron chi connectivity index (χ3n) is 2.92. The summed E-state index contributed by atoms with van der Waals surface area (Å²) in [6, 6.07) is 4.37. The van der Waals surface area contributed by atoms with Gasteiger partial charge in [0.1, 0.15) is 11.3 Å². The van der Waals surface area contributed by atoms with Crippen LogP contribution in [0.2, 0.25) is 0 Å². The number of nitrogens with zero attached hydrogens (tertiary/aromatic N) is 3. The minimum atomic E-state index is -1.06. The molecule has 1 heterocycles. The van der Waals surface area contributed by atoms with Crippen LogP contribution < -0.4 is 4.74 Å². The second-order valence-electron chi connectivity index (χ2n) is 4.43. The van der Waals surface area contributed by atoms with E-state index >= 15 is 0 Å². The lowest BCUT2D eigenvalue weighted by molar-refractivity contribution is -0.385. The average Bonchev–Trinajstić information content (AvgIpc) is 2.79. The Kier molecular flexibility index (Phi) is 3.88. The summed E-state index contributed by atoms with van der Waals surface area (Å²) in [5.41, 5.74) is 1.000. The van der Waals surface area contributed by atoms with Gasteiger partial charge in [0.15, 0.2) is 0 Å². The summed E-state index contributed by atoms with van der Waals surface area (Å²) in [6.45, 7) is 1.81. The molecule has 0 saturated carbocycles. The van der Waals surface area contributed by atoms with Gasteiger partial charge in [0.05, 0.1) is 30.3 Å². The van der Waals surface area contributed by atoms with E-state index in [0.717, 1.165) is 0 Å². The zero-order valence-corrected chi connectivity index (χ0v) is 11.4. The lowest BCUT2D eigenvalue weighted by Crippen LogP contribution is -2.02. The molecular weight excluding hydrogens is 278 g/mol. The van der Waals surface area contributed by atoms with Crippen molar-refractivity contribution in [2.45, 2.75) is 13.5 Å². The molecule has 1 aromatic heterocycles. The van der Waals surface area contributed by atoms with Gasteiger partial charge in [-0.1, -0.05) is 0 Å². The number of aryl methyl sites for hydroxylation is 1. The number of methoxy groups -OCH3 is 1. The molecule has 0 aliphatic heterocycles. The number of aromatic nitrogens is 2. The lowest BCUT2D eigenvalue weighted by atomic mass is 10.2. The molecule has 0 spiro atoms. The molecule has 8 heteroatoms. The van der Waals surface area contributed by atoms with E-state index in [0.29, 0.717) is 17.0 Å². The van der Waals surface area contributed by atoms with Crippen molar-refractivity contribution in [3.05, 3.63) is 51.3 Å². The molecule has 1 aromatic carbocycles. The minimum Gasteiger partial charge on any atom is -0.496 e. The molecule has 2 aromatic rings. The van der Waals surface area contributed by atoms with Crippen molar-refractivity contribution in [2.75, 3.05) is 7.11 Å². The molecule has 0 amide bonds. The van der Waals surface area contributed by atoms with Gasteiger partial charge in [-0.3, -0.25) is 14.8 Å². The van der Waals surface area contributed by atoms with Crippen LogP contribution in [0.15, 0.2) is 24.4 Å². The van der Waals surface area contributed by atoms with Gasteiger partial charge in [0, 0.05) is 12.3 Å². The smallest absolute Gasteiger partial charge is 0.339 e. The molecule has 0 saturated heterocycles. The molecule has 0 unspecified atom stereocenters. The minimum absolute atomic E-state index is 0.0910. The highest BCUT2D eigenvalue weighted by molar-refractivity contribution is 5.88. The summed E-state index contributed by atoms with van der Waals surface area (Å²) < 4.78 is 6.45. The second-order valence-corrected chi connectivity index (χ2v) is 4.43. The maximum atomic E-state index is 11.0. The SMILES string of the molecule is COc1cc(Cn2cc(C(=O)O)c(C)n2)cc([N+](=O)[O-])c1. The average molecular weight is 291 g/mol. The van der Waals surface area contributed by atoms with Gasteiger partial charge in [-0.2, -0.15) is 5.10 Å². The fourth-order valence-corrected chi connectivity index (χ4v) is 1.95. The Labute approximate surface area is 119 Å². The summed E-state index contributed by atoms with van der Waals surface area (Å²) in [6.07, 6.45) is 1.39. The first-order valence-electron chi connectivity index (χ1n) is 6.00. The number of benzene rings is 1. The fraction of sp³-hybridized carbons (Fsp3) is 0.231. The molecule has 0 aliphatic rings. The van der Waals surface area contributed by atoms with Crippen molar-refractivity contribution < 1.29 is 19.6 Å². The molecule has 110 valence electrons. The summed E-state index contributed by atoms with van der Waals surface area (Å²) in [4.78, 5) is 21.3. The Morgan fingerprint density at radius 1 is 1.48 bits per heavy atom. The number of hydrogen-bond donors (Lipinski definition) is 1. The number of non-ortho nitro benzene ring substituents is 1. The van der Waals surface area contributed by atoms with Crippen LogP contribution in [0.3, 0.4) is 0 Å². The maximum Gasteiger partial charge on any atom is 0.339 e. The van der Waals surface area contributed by atoms with E-state index in [2.05, 4.69) is 5.10 Å². The Morgan fingerprint density at radius 3 is 2.71 bits per heavy atom. The highest BCUT2D eigenvalue weighted by atomic mass is 16.6. The molecule has 0 aliphatic carbocycles. The quantitative estimate of drug-likeness (QED) is 0.665. The molecule has 0 fully saturated rings. The van der Waals surface area contributed by atoms with E-state index in [9.17, 15) is 14.9 Å². The van der Waals surface area contributed by atoms with Crippen LogP contribution in [0.1, 0.15) is 21.6 Å². The Morgan fingerprint density at radius 2 is 2.19 bits per heavy atom. The van der Waals surface area contributed by atoms with Crippen molar-refractivity contribution in [3.8, 4) is 5.75 Å². The first kappa shape index (κ1) is 14.5. The van der Waals surface area contributed by atoms with Crippen molar-refractivity contribution in [2.24, 2.45) is 0 Å². The van der Waals surface area contributed by atoms with Crippen LogP contribution in [0.5, 0.6) is 5.75 Å². The summed E-state index contributed by atoms with van der Waals surface area (Å²) in [5, 5.41) is 23.9. The third-order valence-corrected chi connectivity index (χ3v) is 2.92. The van der Waals surface area contributed by atoms with E-state index in [1.165, 1.54) is 30.1 Å². The van der Waals surface area contributed by atoms with Crippen molar-refractivity contribution in [1.82, 2.24) is 9.78 Å². The molecule has 1 N–H and O–H groups in total. The summed E-state index contributed by atoms with van der Waals surface area (Å²) >= 11 is 0. The van der Waals surface area contributed by atoms with Crippen molar-refractivity contribution in [1.29, 1.82) is 0 Å². The molecule has 2 rings (SSSR count). The number of hydrogen-bond acceptors (Lipinski definition) is 5. The number of carbonyl (C=O) groups is 1. The zero-order chi connectivity index (χ0) is 15.6. The molecule has 0 bridgehead atoms. The van der Waals surface area contributed by atoms with Crippen LogP contribution in [0.4, 0.5) is 5.69 Å². The van der Waals surface area contributed by atoms with Crippen LogP contribution >= 0.6 is 0 Å². The second kappa shape index (κ2) is 5.61. The monoisotopic (exact) mass is 291 g/mol. The van der Waals surface area contributed by atoms with Crippen LogP contribution in [-0.2, 0) is 6.54 Å². The van der Waals surface area contributed by atoms with E-state index in [1.807, 2.05) is 0 Å². The topological polar surface area (TPSA) is 107 Å². The normalized spacial score (nSPS) is 10.4. The Hall–Kier alpha value is -2.90. The van der Waals surface area contributed by atoms with Crippen LogP contribution in [0.25, 0.3) is 0 Å². The molecule has 0 radical (unpaired) electrons. The number of rotatable bonds is 5. The standard InChI is InChI=1S/C13H13N3O5/c1-8-12(13(17)18)7-15(14-8)6-9-3-10(16(19)20)5-11(4-9)21-2/h3-5,7H,6H2,1-2H3,(H,17,18). The van der Waals surface area contributed by atoms with Gasteiger partial charge >= 0.3 is 5.97 Å². The lowest BCUT2D eigenvalue weighted by Gasteiger charge is -2.05. The molecule has 8 nitrogen and oxygen atoms in total. The van der Waals surface area contributed by atoms with Crippen molar-refractivity contribution in [3.63, 3.8) is 0 Å². The molecule has 21 heavy (non-hydrogen) atoms. The summed E-state index contributed by atoms with van der Waals surface area (Å²) in [7, 11) is 1.42. The van der Waals surface area contributed by atoms with Gasteiger partial charge in [-0.25, -0.2) is 4.79 Å². The predicted octanol–water partition coefficient (Wildman–Crippen LogP) is 1.85. The van der Waals surface area contributed by atoms with Crippen LogP contribution in [-0.4, -0.2) is 32.9 Å². The third kappa shape index (κ3) is 3.16. The number of aromatic carboxylic acids is 1. The van der Waals surface area contributed by atoms with E-state index in [4.69, 9.17) is 9.84 Å². The fourth-order valence-electron chi connectivity index (χ4n) is 1.95. The van der Waals surface area contributed by atoms with E-state index in [-0.39, 0.29) is 17.8 Å². The summed E-state index contributed by atoms with van der Waals surface area (Å²) in [5.74, 6) is -0.697. The Balaban J connectivity index is 2.34. The van der Waals surface area contributed by atoms with Crippen molar-refractivity contribution >= 4 is 11.7 Å². The number of nitro groups is 1. The van der Waals surface area contributed by atoms with Gasteiger partial charge in [-0.05, 0) is 18.6 Å². The predicted molar refractivity (Wildman–Crippen MR) is 72.7 cm³/mol. The van der Waals surface area contributed by atoms with Gasteiger partial charge in [0.25, 0.3) is 5.69 Å². The van der Waals surface area contributed by atoms with E-state index in [1.54, 1.807) is 13.0 Å². The highest BCUT2D eigenvalue weighted by Crippen LogP contribution is 2.23. The molecule has 0 atom stereocenters. The van der Waals surface area contributed by atoms with E-state index < -0.39 is 10.9 Å². The Bertz CT molecular complexity index is 708. The number of carboxylic acids is 1. The highest BCUT2D eigenvalue weighted by Gasteiger charge is 2.14. The van der Waals surface area contributed by atoms with Gasteiger partial charge < -0.3 is 9.84 Å². The largest absolute Gasteiger partial charge is 0.496 e.